The van der Waals surface area contributed by atoms with Crippen molar-refractivity contribution in [1.82, 2.24) is 0 Å². The fourth-order valence-electron chi connectivity index (χ4n) is 1.88. The predicted molar refractivity (Wildman–Crippen MR) is 59.0 cm³/mol. The van der Waals surface area contributed by atoms with Gasteiger partial charge in [-0.15, -0.1) is 0 Å². The Morgan fingerprint density at radius 2 is 1.79 bits per heavy atom. The summed E-state index contributed by atoms with van der Waals surface area (Å²) in [6.07, 6.45) is -2.79. The average Bonchev–Trinajstić information content (AvgIpc) is 2.30. The van der Waals surface area contributed by atoms with Crippen LogP contribution in [0.2, 0.25) is 0 Å². The Bertz CT molecular complexity index is 569. The number of alkyl halides is 3. The molecule has 6 heteroatoms. The van der Waals surface area contributed by atoms with Crippen LogP contribution in [-0.2, 0) is 0 Å². The molecule has 1 aliphatic carbocycles. The third-order valence-electron chi connectivity index (χ3n) is 2.68. The predicted octanol–water partition coefficient (Wildman–Crippen LogP) is 4.33. The van der Waals surface area contributed by atoms with Crippen molar-refractivity contribution in [3.8, 4) is 0 Å². The standard InChI is InChI=1S/C13H8F5O/c14-9-5-1-4-8(12(9)15)7-3-2-6-10(19)11(7)13(16,17)18/h1,3-6,19H,2H2. The number of halogens is 5. The maximum absolute atomic E-state index is 13.6. The number of aliphatic hydroxyl groups excluding tert-OH is 1. The second-order valence-corrected chi connectivity index (χ2v) is 3.92. The van der Waals surface area contributed by atoms with Crippen LogP contribution < -0.4 is 0 Å². The number of hydrogen-bond donors (Lipinski definition) is 1. The van der Waals surface area contributed by atoms with Crippen molar-refractivity contribution < 1.29 is 27.1 Å². The molecule has 2 rings (SSSR count). The monoisotopic (exact) mass is 275 g/mol. The summed E-state index contributed by atoms with van der Waals surface area (Å²) in [5.74, 6) is -3.59. The van der Waals surface area contributed by atoms with Gasteiger partial charge in [-0.3, -0.25) is 0 Å². The second kappa shape index (κ2) is 4.68. The molecular formula is C13H8F5O. The van der Waals surface area contributed by atoms with Crippen molar-refractivity contribution in [3.63, 3.8) is 0 Å². The molecule has 0 saturated heterocycles. The smallest absolute Gasteiger partial charge is 0.420 e. The minimum absolute atomic E-state index is 0.0106. The Balaban J connectivity index is 2.61. The zero-order valence-electron chi connectivity index (χ0n) is 9.43. The van der Waals surface area contributed by atoms with Gasteiger partial charge < -0.3 is 5.11 Å². The summed E-state index contributed by atoms with van der Waals surface area (Å²) >= 11 is 0. The fraction of sp³-hybridized carbons (Fsp3) is 0.154. The summed E-state index contributed by atoms with van der Waals surface area (Å²) in [6, 6.07) is 2.96. The molecule has 0 unspecified atom stereocenters. The van der Waals surface area contributed by atoms with E-state index in [-0.39, 0.29) is 6.42 Å². The van der Waals surface area contributed by atoms with Crippen molar-refractivity contribution in [3.05, 3.63) is 59.2 Å². The van der Waals surface area contributed by atoms with Crippen molar-refractivity contribution in [2.24, 2.45) is 0 Å². The highest BCUT2D eigenvalue weighted by molar-refractivity contribution is 5.82. The van der Waals surface area contributed by atoms with E-state index in [0.717, 1.165) is 30.7 Å². The van der Waals surface area contributed by atoms with Crippen LogP contribution in [0.4, 0.5) is 22.0 Å². The molecule has 1 nitrogen and oxygen atoms in total. The minimum atomic E-state index is -4.86. The van der Waals surface area contributed by atoms with E-state index in [2.05, 4.69) is 0 Å². The zero-order valence-corrected chi connectivity index (χ0v) is 9.43. The Kier molecular flexibility index (Phi) is 3.34. The number of hydrogen-bond acceptors (Lipinski definition) is 1. The van der Waals surface area contributed by atoms with Gasteiger partial charge in [-0.1, -0.05) is 18.2 Å². The first kappa shape index (κ1) is 13.6. The van der Waals surface area contributed by atoms with E-state index in [1.807, 2.05) is 0 Å². The second-order valence-electron chi connectivity index (χ2n) is 3.92. The van der Waals surface area contributed by atoms with Gasteiger partial charge in [-0.25, -0.2) is 8.78 Å². The van der Waals surface area contributed by atoms with Crippen LogP contribution in [0.3, 0.4) is 0 Å². The first-order valence-electron chi connectivity index (χ1n) is 5.31. The number of rotatable bonds is 1. The van der Waals surface area contributed by atoms with E-state index in [1.54, 1.807) is 0 Å². The van der Waals surface area contributed by atoms with Crippen molar-refractivity contribution in [2.45, 2.75) is 12.6 Å². The fourth-order valence-corrected chi connectivity index (χ4v) is 1.88. The molecule has 0 amide bonds. The topological polar surface area (TPSA) is 20.2 Å². The van der Waals surface area contributed by atoms with E-state index < -0.39 is 40.3 Å². The van der Waals surface area contributed by atoms with Gasteiger partial charge in [0.25, 0.3) is 0 Å². The van der Waals surface area contributed by atoms with Crippen molar-refractivity contribution in [1.29, 1.82) is 0 Å². The molecule has 0 atom stereocenters. The number of benzene rings is 1. The number of aliphatic hydroxyl groups is 1. The van der Waals surface area contributed by atoms with E-state index in [0.29, 0.717) is 0 Å². The molecule has 1 N–H and O–H groups in total. The first-order chi connectivity index (χ1) is 8.82. The lowest BCUT2D eigenvalue weighted by atomic mass is 9.90. The Labute approximate surface area is 105 Å². The third-order valence-corrected chi connectivity index (χ3v) is 2.68. The third kappa shape index (κ3) is 2.47. The lowest BCUT2D eigenvalue weighted by Gasteiger charge is -2.21. The van der Waals surface area contributed by atoms with Crippen LogP contribution in [0.5, 0.6) is 0 Å². The van der Waals surface area contributed by atoms with Gasteiger partial charge in [0.2, 0.25) is 0 Å². The van der Waals surface area contributed by atoms with E-state index in [4.69, 9.17) is 0 Å². The minimum Gasteiger partial charge on any atom is -0.511 e. The largest absolute Gasteiger partial charge is 0.511 e. The van der Waals surface area contributed by atoms with Crippen LogP contribution >= 0.6 is 0 Å². The van der Waals surface area contributed by atoms with E-state index >= 15 is 0 Å². The highest BCUT2D eigenvalue weighted by Crippen LogP contribution is 2.42. The molecule has 0 fully saturated rings. The van der Waals surface area contributed by atoms with Crippen LogP contribution in [-0.4, -0.2) is 11.3 Å². The molecule has 0 saturated carbocycles. The average molecular weight is 275 g/mol. The molecule has 1 aliphatic rings. The molecule has 0 heterocycles. The van der Waals surface area contributed by atoms with Crippen LogP contribution in [0, 0.1) is 18.1 Å². The van der Waals surface area contributed by atoms with Gasteiger partial charge in [-0.2, -0.15) is 13.2 Å². The van der Waals surface area contributed by atoms with E-state index in [9.17, 15) is 27.1 Å². The van der Waals surface area contributed by atoms with E-state index in [1.165, 1.54) is 0 Å². The normalized spacial score (nSPS) is 16.6. The summed E-state index contributed by atoms with van der Waals surface area (Å²) in [4.78, 5) is 0. The molecular weight excluding hydrogens is 267 g/mol. The molecule has 0 spiro atoms. The number of allylic oxidation sites excluding steroid dienone is 4. The zero-order chi connectivity index (χ0) is 14.2. The van der Waals surface area contributed by atoms with Crippen molar-refractivity contribution >= 4 is 5.57 Å². The lowest BCUT2D eigenvalue weighted by molar-refractivity contribution is -0.0896. The molecule has 1 aromatic carbocycles. The maximum Gasteiger partial charge on any atom is 0.420 e. The Hall–Kier alpha value is -1.85. The van der Waals surface area contributed by atoms with Crippen LogP contribution in [0.15, 0.2) is 35.6 Å². The highest BCUT2D eigenvalue weighted by atomic mass is 19.4. The van der Waals surface area contributed by atoms with Gasteiger partial charge in [0.1, 0.15) is 11.3 Å². The van der Waals surface area contributed by atoms with Gasteiger partial charge in [0.15, 0.2) is 11.6 Å². The molecule has 19 heavy (non-hydrogen) atoms. The first-order valence-corrected chi connectivity index (χ1v) is 5.31. The molecule has 0 aromatic heterocycles. The van der Waals surface area contributed by atoms with Gasteiger partial charge in [-0.05, 0) is 18.1 Å². The molecule has 1 aromatic rings. The Morgan fingerprint density at radius 3 is 2.42 bits per heavy atom. The summed E-state index contributed by atoms with van der Waals surface area (Å²) in [7, 11) is 0. The van der Waals surface area contributed by atoms with Crippen molar-refractivity contribution in [2.75, 3.05) is 0 Å². The Morgan fingerprint density at radius 1 is 1.11 bits per heavy atom. The molecule has 1 radical (unpaired) electrons. The SMILES string of the molecule is OC1=C(C(F)(F)F)C(c2cccc(F)c2F)=CC[CH]1. The summed E-state index contributed by atoms with van der Waals surface area (Å²) in [6.45, 7) is 0. The summed E-state index contributed by atoms with van der Waals surface area (Å²) in [5.41, 5.74) is -2.43. The molecule has 0 aliphatic heterocycles. The van der Waals surface area contributed by atoms with Crippen LogP contribution in [0.1, 0.15) is 12.0 Å². The van der Waals surface area contributed by atoms with Gasteiger partial charge >= 0.3 is 6.18 Å². The van der Waals surface area contributed by atoms with Gasteiger partial charge in [0, 0.05) is 12.0 Å². The van der Waals surface area contributed by atoms with Gasteiger partial charge in [0.05, 0.1) is 0 Å². The molecule has 101 valence electrons. The molecule has 0 bridgehead atoms. The summed E-state index contributed by atoms with van der Waals surface area (Å²) < 4.78 is 65.3. The highest BCUT2D eigenvalue weighted by Gasteiger charge is 2.41. The quantitative estimate of drug-likeness (QED) is 0.756. The summed E-state index contributed by atoms with van der Waals surface area (Å²) in [5, 5.41) is 9.34. The van der Waals surface area contributed by atoms with Crippen LogP contribution in [0.25, 0.3) is 5.57 Å². The maximum atomic E-state index is 13.6. The lowest BCUT2D eigenvalue weighted by Crippen LogP contribution is -2.19.